The van der Waals surface area contributed by atoms with Crippen LogP contribution < -0.4 is 15.5 Å². The number of aromatic nitrogens is 1. The van der Waals surface area contributed by atoms with Crippen molar-refractivity contribution in [1.29, 1.82) is 0 Å². The summed E-state index contributed by atoms with van der Waals surface area (Å²) in [6, 6.07) is 3.81. The van der Waals surface area contributed by atoms with Crippen LogP contribution in [-0.2, 0) is 14.3 Å². The number of amides is 4. The molecule has 1 aromatic heterocycles. The molecule has 0 spiro atoms. The summed E-state index contributed by atoms with van der Waals surface area (Å²) >= 11 is 0. The minimum atomic E-state index is -0.594. The van der Waals surface area contributed by atoms with Gasteiger partial charge in [-0.05, 0) is 84.0 Å². The van der Waals surface area contributed by atoms with E-state index in [2.05, 4.69) is 34.4 Å². The number of carbonyl (C=O) groups is 4. The maximum atomic E-state index is 14.3. The van der Waals surface area contributed by atoms with Gasteiger partial charge in [-0.2, -0.15) is 0 Å². The number of halogens is 1. The van der Waals surface area contributed by atoms with Crippen molar-refractivity contribution >= 4 is 41.2 Å². The highest BCUT2D eigenvalue weighted by molar-refractivity contribution is 6.42. The van der Waals surface area contributed by atoms with Gasteiger partial charge in [-0.1, -0.05) is 13.8 Å². The van der Waals surface area contributed by atoms with Crippen LogP contribution in [0, 0.1) is 19.7 Å². The van der Waals surface area contributed by atoms with Crippen molar-refractivity contribution in [3.63, 3.8) is 0 Å². The number of aryl methyl sites for hydroxylation is 1. The van der Waals surface area contributed by atoms with Gasteiger partial charge < -0.3 is 25.3 Å². The SMILES string of the molecule is CCN(CC)CCNC(=O)c1c(C)[nH]c(/C=C2\C(=O)N(C(=O)CCCOC(=O)NC(C)(C)C)c3ccc(F)cc32)c1C. The number of nitrogens with one attached hydrogen (secondary N) is 3. The molecule has 3 rings (SSSR count). The highest BCUT2D eigenvalue weighted by atomic mass is 19.1. The number of fused-ring (bicyclic) bond motifs is 1. The van der Waals surface area contributed by atoms with Gasteiger partial charge in [-0.3, -0.25) is 14.4 Å². The lowest BCUT2D eigenvalue weighted by Gasteiger charge is -2.20. The van der Waals surface area contributed by atoms with Crippen molar-refractivity contribution in [3.8, 4) is 0 Å². The molecule has 0 atom stereocenters. The lowest BCUT2D eigenvalue weighted by Crippen LogP contribution is -2.41. The van der Waals surface area contributed by atoms with Gasteiger partial charge in [0.05, 0.1) is 23.4 Å². The van der Waals surface area contributed by atoms with E-state index in [1.165, 1.54) is 18.2 Å². The Kier molecular flexibility index (Phi) is 10.7. The first-order valence-electron chi connectivity index (χ1n) is 14.3. The summed E-state index contributed by atoms with van der Waals surface area (Å²) in [6.07, 6.45) is 1.11. The molecule has 0 saturated heterocycles. The Morgan fingerprint density at radius 2 is 1.83 bits per heavy atom. The minimum absolute atomic E-state index is 0.00460. The average Bonchev–Trinajstić information content (AvgIpc) is 3.34. The maximum Gasteiger partial charge on any atom is 0.407 e. The second-order valence-electron chi connectivity index (χ2n) is 11.3. The first-order valence-corrected chi connectivity index (χ1v) is 14.3. The zero-order valence-corrected chi connectivity index (χ0v) is 25.6. The minimum Gasteiger partial charge on any atom is -0.450 e. The molecular weight excluding hydrogens is 541 g/mol. The second-order valence-corrected chi connectivity index (χ2v) is 11.3. The van der Waals surface area contributed by atoms with Crippen molar-refractivity contribution < 1.29 is 28.3 Å². The number of H-pyrrole nitrogens is 1. The number of imide groups is 1. The Bertz CT molecular complexity index is 1370. The van der Waals surface area contributed by atoms with E-state index in [0.717, 1.165) is 24.5 Å². The third-order valence-electron chi connectivity index (χ3n) is 7.02. The van der Waals surface area contributed by atoms with Crippen molar-refractivity contribution in [2.45, 2.75) is 66.8 Å². The zero-order valence-electron chi connectivity index (χ0n) is 25.6. The van der Waals surface area contributed by atoms with Gasteiger partial charge in [0.1, 0.15) is 5.82 Å². The summed E-state index contributed by atoms with van der Waals surface area (Å²) < 4.78 is 19.4. The number of likely N-dealkylation sites (N-methyl/N-ethyl adjacent to an activating group) is 1. The van der Waals surface area contributed by atoms with Crippen LogP contribution in [0.5, 0.6) is 0 Å². The molecule has 0 radical (unpaired) electrons. The van der Waals surface area contributed by atoms with Crippen LogP contribution in [-0.4, -0.2) is 72.0 Å². The molecule has 10 nitrogen and oxygen atoms in total. The first kappa shape index (κ1) is 32.5. The van der Waals surface area contributed by atoms with Gasteiger partial charge >= 0.3 is 6.09 Å². The van der Waals surface area contributed by atoms with Gasteiger partial charge in [-0.25, -0.2) is 14.1 Å². The summed E-state index contributed by atoms with van der Waals surface area (Å²) in [4.78, 5) is 58.0. The molecule has 42 heavy (non-hydrogen) atoms. The molecule has 1 aliphatic rings. The van der Waals surface area contributed by atoms with Gasteiger partial charge in [-0.15, -0.1) is 0 Å². The fraction of sp³-hybridized carbons (Fsp3) is 0.484. The van der Waals surface area contributed by atoms with Crippen LogP contribution in [0.1, 0.15) is 80.3 Å². The standard InChI is InChI=1S/C31H42FN5O5/c1-8-36(9-2)15-14-33-28(39)27-19(3)24(34-20(27)4)18-23-22-17-21(32)12-13-25(22)37(29(23)40)26(38)11-10-16-42-30(41)35-31(5,6)7/h12-13,17-18,34H,8-11,14-16H2,1-7H3,(H,33,39)(H,35,41)/b23-18-. The lowest BCUT2D eigenvalue weighted by molar-refractivity contribution is -0.123. The number of rotatable bonds is 11. The summed E-state index contributed by atoms with van der Waals surface area (Å²) in [5.41, 5.74) is 2.52. The third-order valence-corrected chi connectivity index (χ3v) is 7.02. The van der Waals surface area contributed by atoms with E-state index in [1.807, 2.05) is 20.8 Å². The van der Waals surface area contributed by atoms with E-state index < -0.39 is 29.3 Å². The molecule has 228 valence electrons. The van der Waals surface area contributed by atoms with Crippen molar-refractivity contribution in [2.75, 3.05) is 37.7 Å². The maximum absolute atomic E-state index is 14.3. The van der Waals surface area contributed by atoms with Gasteiger partial charge in [0.25, 0.3) is 11.8 Å². The normalized spacial score (nSPS) is 14.0. The molecule has 11 heteroatoms. The van der Waals surface area contributed by atoms with E-state index in [0.29, 0.717) is 29.1 Å². The lowest BCUT2D eigenvalue weighted by atomic mass is 10.0. The average molecular weight is 584 g/mol. The molecule has 2 aromatic rings. The van der Waals surface area contributed by atoms with E-state index >= 15 is 0 Å². The number of hydrogen-bond acceptors (Lipinski definition) is 6. The number of alkyl carbamates (subject to hydrolysis) is 1. The topological polar surface area (TPSA) is 124 Å². The molecule has 4 amide bonds. The van der Waals surface area contributed by atoms with Crippen LogP contribution in [0.3, 0.4) is 0 Å². The van der Waals surface area contributed by atoms with Crippen LogP contribution in [0.2, 0.25) is 0 Å². The first-order chi connectivity index (χ1) is 19.8. The number of nitrogens with zero attached hydrogens (tertiary/aromatic N) is 2. The quantitative estimate of drug-likeness (QED) is 0.263. The van der Waals surface area contributed by atoms with Crippen LogP contribution >= 0.6 is 0 Å². The predicted octanol–water partition coefficient (Wildman–Crippen LogP) is 4.56. The van der Waals surface area contributed by atoms with Crippen molar-refractivity contribution in [2.24, 2.45) is 0 Å². The summed E-state index contributed by atoms with van der Waals surface area (Å²) in [5.74, 6) is -1.86. The third kappa shape index (κ3) is 7.84. The molecule has 0 unspecified atom stereocenters. The van der Waals surface area contributed by atoms with Gasteiger partial charge in [0.15, 0.2) is 0 Å². The predicted molar refractivity (Wildman–Crippen MR) is 161 cm³/mol. The van der Waals surface area contributed by atoms with E-state index in [4.69, 9.17) is 4.74 Å². The van der Waals surface area contributed by atoms with E-state index in [1.54, 1.807) is 19.9 Å². The molecule has 1 aliphatic heterocycles. The molecule has 0 bridgehead atoms. The smallest absolute Gasteiger partial charge is 0.407 e. The van der Waals surface area contributed by atoms with Crippen LogP contribution in [0.25, 0.3) is 11.6 Å². The Labute approximate surface area is 246 Å². The Hall–Kier alpha value is -3.99. The Morgan fingerprint density at radius 3 is 2.48 bits per heavy atom. The van der Waals surface area contributed by atoms with Crippen LogP contribution in [0.15, 0.2) is 18.2 Å². The summed E-state index contributed by atoms with van der Waals surface area (Å²) in [6.45, 7) is 16.2. The van der Waals surface area contributed by atoms with Crippen molar-refractivity contribution in [1.82, 2.24) is 20.5 Å². The number of carbonyl (C=O) groups excluding carboxylic acids is 4. The molecule has 0 aliphatic carbocycles. The highest BCUT2D eigenvalue weighted by Crippen LogP contribution is 2.39. The van der Waals surface area contributed by atoms with Gasteiger partial charge in [0, 0.05) is 42.0 Å². The number of ether oxygens (including phenoxy) is 1. The fourth-order valence-electron chi connectivity index (χ4n) is 4.85. The number of benzene rings is 1. The molecule has 1 aromatic carbocycles. The molecule has 0 fully saturated rings. The van der Waals surface area contributed by atoms with Gasteiger partial charge in [0.2, 0.25) is 5.91 Å². The fourth-order valence-corrected chi connectivity index (χ4v) is 4.85. The number of aromatic amines is 1. The summed E-state index contributed by atoms with van der Waals surface area (Å²) in [7, 11) is 0. The van der Waals surface area contributed by atoms with E-state index in [-0.39, 0.29) is 42.2 Å². The molecule has 2 heterocycles. The Morgan fingerprint density at radius 1 is 1.14 bits per heavy atom. The summed E-state index contributed by atoms with van der Waals surface area (Å²) in [5, 5.41) is 5.63. The highest BCUT2D eigenvalue weighted by Gasteiger charge is 2.37. The zero-order chi connectivity index (χ0) is 31.2. The Balaban J connectivity index is 1.78. The molecular formula is C31H42FN5O5. The second kappa shape index (κ2) is 13.8. The monoisotopic (exact) mass is 583 g/mol. The molecule has 0 saturated carbocycles. The molecule has 3 N–H and O–H groups in total. The van der Waals surface area contributed by atoms with Crippen LogP contribution in [0.4, 0.5) is 14.9 Å². The van der Waals surface area contributed by atoms with E-state index in [9.17, 15) is 23.6 Å². The van der Waals surface area contributed by atoms with Crippen molar-refractivity contribution in [3.05, 3.63) is 52.1 Å². The largest absolute Gasteiger partial charge is 0.450 e. The number of anilines is 1. The number of hydrogen-bond donors (Lipinski definition) is 3.